The van der Waals surface area contributed by atoms with Crippen molar-refractivity contribution in [2.24, 2.45) is 17.8 Å². The summed E-state index contributed by atoms with van der Waals surface area (Å²) in [5.74, 6) is 2.86. The van der Waals surface area contributed by atoms with Crippen molar-refractivity contribution in [3.8, 4) is 0 Å². The van der Waals surface area contributed by atoms with Crippen molar-refractivity contribution in [1.29, 1.82) is 0 Å². The summed E-state index contributed by atoms with van der Waals surface area (Å²) in [5.41, 5.74) is 0. The van der Waals surface area contributed by atoms with Crippen LogP contribution in [-0.4, -0.2) is 18.2 Å². The zero-order chi connectivity index (χ0) is 10.1. The predicted octanol–water partition coefficient (Wildman–Crippen LogP) is 1.90. The van der Waals surface area contributed by atoms with Gasteiger partial charge in [0.1, 0.15) is 0 Å². The second kappa shape index (κ2) is 4.05. The first-order chi connectivity index (χ1) is 6.70. The molecule has 0 spiro atoms. The van der Waals surface area contributed by atoms with Crippen molar-refractivity contribution in [1.82, 2.24) is 10.6 Å². The minimum absolute atomic E-state index is 0.547. The third-order valence-corrected chi connectivity index (χ3v) is 4.34. The molecule has 0 saturated heterocycles. The summed E-state index contributed by atoms with van der Waals surface area (Å²) in [6, 6.07) is 0.547. The second-order valence-corrected chi connectivity index (χ2v) is 5.26. The van der Waals surface area contributed by atoms with Gasteiger partial charge in [0.2, 0.25) is 0 Å². The van der Waals surface area contributed by atoms with E-state index in [1.165, 1.54) is 25.7 Å². The predicted molar refractivity (Wildman–Crippen MR) is 63.2 cm³/mol. The Morgan fingerprint density at radius 1 is 1.36 bits per heavy atom. The zero-order valence-electron chi connectivity index (χ0n) is 9.05. The highest BCUT2D eigenvalue weighted by Gasteiger charge is 2.41. The topological polar surface area (TPSA) is 24.1 Å². The van der Waals surface area contributed by atoms with Gasteiger partial charge in [-0.05, 0) is 56.2 Å². The van der Waals surface area contributed by atoms with Crippen LogP contribution in [0.2, 0.25) is 0 Å². The van der Waals surface area contributed by atoms with Gasteiger partial charge in [0.05, 0.1) is 0 Å². The Balaban J connectivity index is 1.86. The Morgan fingerprint density at radius 2 is 2.14 bits per heavy atom. The van der Waals surface area contributed by atoms with E-state index in [1.807, 2.05) is 7.05 Å². The van der Waals surface area contributed by atoms with Crippen LogP contribution in [0.4, 0.5) is 0 Å². The highest BCUT2D eigenvalue weighted by atomic mass is 32.1. The number of hydrogen-bond acceptors (Lipinski definition) is 1. The maximum absolute atomic E-state index is 5.13. The van der Waals surface area contributed by atoms with Gasteiger partial charge in [0, 0.05) is 13.1 Å². The van der Waals surface area contributed by atoms with E-state index in [2.05, 4.69) is 17.6 Å². The normalized spacial score (nSPS) is 36.9. The van der Waals surface area contributed by atoms with Gasteiger partial charge in [0.15, 0.2) is 5.11 Å². The first kappa shape index (κ1) is 10.2. The number of rotatable bonds is 2. The molecular formula is C11H20N2S. The largest absolute Gasteiger partial charge is 0.366 e. The minimum Gasteiger partial charge on any atom is -0.366 e. The van der Waals surface area contributed by atoms with Crippen molar-refractivity contribution >= 4 is 17.3 Å². The standard InChI is InChI=1S/C11H20N2S/c1-7(13-11(14)12-2)10-6-8-3-4-9(10)5-8/h7-10H,3-6H2,1-2H3,(H2,12,13,14)/t7-,8-,9-,10+/m0/s1. The van der Waals surface area contributed by atoms with E-state index in [4.69, 9.17) is 12.2 Å². The van der Waals surface area contributed by atoms with E-state index >= 15 is 0 Å². The van der Waals surface area contributed by atoms with Crippen LogP contribution in [0.3, 0.4) is 0 Å². The van der Waals surface area contributed by atoms with Crippen molar-refractivity contribution in [2.75, 3.05) is 7.05 Å². The second-order valence-electron chi connectivity index (χ2n) is 4.85. The van der Waals surface area contributed by atoms with E-state index in [9.17, 15) is 0 Å². The molecule has 2 N–H and O–H groups in total. The van der Waals surface area contributed by atoms with Gasteiger partial charge >= 0.3 is 0 Å². The molecule has 0 amide bonds. The average Bonchev–Trinajstić information content (AvgIpc) is 2.78. The van der Waals surface area contributed by atoms with Crippen LogP contribution < -0.4 is 10.6 Å². The Kier molecular flexibility index (Phi) is 2.96. The van der Waals surface area contributed by atoms with E-state index in [0.29, 0.717) is 6.04 Å². The lowest BCUT2D eigenvalue weighted by atomic mass is 9.84. The van der Waals surface area contributed by atoms with Gasteiger partial charge in [-0.15, -0.1) is 0 Å². The van der Waals surface area contributed by atoms with Crippen LogP contribution in [-0.2, 0) is 0 Å². The fourth-order valence-electron chi connectivity index (χ4n) is 3.29. The van der Waals surface area contributed by atoms with Crippen LogP contribution in [0, 0.1) is 17.8 Å². The van der Waals surface area contributed by atoms with Crippen LogP contribution in [0.5, 0.6) is 0 Å². The van der Waals surface area contributed by atoms with Crippen molar-refractivity contribution in [3.63, 3.8) is 0 Å². The molecule has 0 heterocycles. The monoisotopic (exact) mass is 212 g/mol. The Morgan fingerprint density at radius 3 is 2.64 bits per heavy atom. The molecule has 0 unspecified atom stereocenters. The molecular weight excluding hydrogens is 192 g/mol. The van der Waals surface area contributed by atoms with Gasteiger partial charge < -0.3 is 10.6 Å². The van der Waals surface area contributed by atoms with Gasteiger partial charge in [-0.2, -0.15) is 0 Å². The van der Waals surface area contributed by atoms with Gasteiger partial charge in [-0.1, -0.05) is 6.42 Å². The summed E-state index contributed by atoms with van der Waals surface area (Å²) >= 11 is 5.13. The van der Waals surface area contributed by atoms with Crippen molar-refractivity contribution in [2.45, 2.75) is 38.6 Å². The maximum atomic E-state index is 5.13. The first-order valence-electron chi connectivity index (χ1n) is 5.69. The molecule has 2 nitrogen and oxygen atoms in total. The molecule has 2 fully saturated rings. The quantitative estimate of drug-likeness (QED) is 0.684. The molecule has 14 heavy (non-hydrogen) atoms. The minimum atomic E-state index is 0.547. The van der Waals surface area contributed by atoms with E-state index in [1.54, 1.807) is 0 Å². The summed E-state index contributed by atoms with van der Waals surface area (Å²) < 4.78 is 0. The fourth-order valence-corrected chi connectivity index (χ4v) is 3.48. The lowest BCUT2D eigenvalue weighted by Crippen LogP contribution is -2.43. The Labute approximate surface area is 91.8 Å². The van der Waals surface area contributed by atoms with E-state index < -0.39 is 0 Å². The fraction of sp³-hybridized carbons (Fsp3) is 0.909. The summed E-state index contributed by atoms with van der Waals surface area (Å²) in [7, 11) is 1.88. The lowest BCUT2D eigenvalue weighted by Gasteiger charge is -2.29. The molecule has 0 aromatic heterocycles. The third kappa shape index (κ3) is 1.88. The molecule has 2 aliphatic carbocycles. The number of thiocarbonyl (C=S) groups is 1. The van der Waals surface area contributed by atoms with Crippen molar-refractivity contribution < 1.29 is 0 Å². The highest BCUT2D eigenvalue weighted by Crippen LogP contribution is 2.49. The maximum Gasteiger partial charge on any atom is 0.166 e. The SMILES string of the molecule is CNC(=S)N[C@@H](C)[C@H]1C[C@H]2CC[C@H]1C2. The number of hydrogen-bond donors (Lipinski definition) is 2. The molecule has 80 valence electrons. The molecule has 3 heteroatoms. The van der Waals surface area contributed by atoms with E-state index in [-0.39, 0.29) is 0 Å². The number of nitrogens with one attached hydrogen (secondary N) is 2. The smallest absolute Gasteiger partial charge is 0.166 e. The van der Waals surface area contributed by atoms with Crippen LogP contribution in [0.15, 0.2) is 0 Å². The summed E-state index contributed by atoms with van der Waals surface area (Å²) in [5, 5.41) is 7.15. The first-order valence-corrected chi connectivity index (χ1v) is 6.09. The molecule has 2 bridgehead atoms. The summed E-state index contributed by atoms with van der Waals surface area (Å²) in [6.45, 7) is 2.27. The Hall–Kier alpha value is -0.310. The van der Waals surface area contributed by atoms with Gasteiger partial charge in [0.25, 0.3) is 0 Å². The Bertz CT molecular complexity index is 229. The molecule has 2 rings (SSSR count). The molecule has 2 saturated carbocycles. The molecule has 0 aromatic rings. The van der Waals surface area contributed by atoms with E-state index in [0.717, 1.165) is 22.9 Å². The summed E-state index contributed by atoms with van der Waals surface area (Å²) in [6.07, 6.45) is 5.83. The van der Waals surface area contributed by atoms with Gasteiger partial charge in [-0.25, -0.2) is 0 Å². The van der Waals surface area contributed by atoms with Crippen molar-refractivity contribution in [3.05, 3.63) is 0 Å². The van der Waals surface area contributed by atoms with Crippen LogP contribution in [0.1, 0.15) is 32.6 Å². The van der Waals surface area contributed by atoms with Crippen LogP contribution in [0.25, 0.3) is 0 Å². The lowest BCUT2D eigenvalue weighted by molar-refractivity contribution is 0.278. The van der Waals surface area contributed by atoms with Crippen LogP contribution >= 0.6 is 12.2 Å². The molecule has 0 aliphatic heterocycles. The zero-order valence-corrected chi connectivity index (χ0v) is 9.86. The molecule has 0 radical (unpaired) electrons. The number of fused-ring (bicyclic) bond motifs is 2. The highest BCUT2D eigenvalue weighted by molar-refractivity contribution is 7.80. The van der Waals surface area contributed by atoms with Gasteiger partial charge in [-0.3, -0.25) is 0 Å². The molecule has 0 aromatic carbocycles. The molecule has 2 aliphatic rings. The average molecular weight is 212 g/mol. The third-order valence-electron chi connectivity index (χ3n) is 4.02. The summed E-state index contributed by atoms with van der Waals surface area (Å²) in [4.78, 5) is 0. The molecule has 4 atom stereocenters.